The minimum atomic E-state index is -0.153. The fraction of sp³-hybridized carbons (Fsp3) is 0.118. The minimum Gasteiger partial charge on any atom is -0.358 e. The molecule has 5 heteroatoms. The number of aromatic nitrogens is 2. The standard InChI is InChI=1S/C17H16N4O/c1-12(13-6-8-18-9-7-13)20-21-17(22)11-15-10-14-4-2-3-5-16(14)19-15/h2-10,19H,11H2,1H3,(H,21,22)/b20-12-. The maximum atomic E-state index is 12.0. The van der Waals surface area contributed by atoms with Gasteiger partial charge in [0.1, 0.15) is 0 Å². The lowest BCUT2D eigenvalue weighted by atomic mass is 10.2. The molecule has 0 fully saturated rings. The zero-order chi connectivity index (χ0) is 15.4. The Morgan fingerprint density at radius 2 is 2.00 bits per heavy atom. The Hall–Kier alpha value is -2.95. The summed E-state index contributed by atoms with van der Waals surface area (Å²) >= 11 is 0. The number of nitrogens with one attached hydrogen (secondary N) is 2. The molecule has 0 spiro atoms. The molecule has 0 aliphatic rings. The Morgan fingerprint density at radius 1 is 1.23 bits per heavy atom. The number of pyridine rings is 1. The summed E-state index contributed by atoms with van der Waals surface area (Å²) in [6.07, 6.45) is 3.66. The predicted molar refractivity (Wildman–Crippen MR) is 86.6 cm³/mol. The van der Waals surface area contributed by atoms with Crippen LogP contribution >= 0.6 is 0 Å². The van der Waals surface area contributed by atoms with Crippen LogP contribution in [0.25, 0.3) is 10.9 Å². The number of rotatable bonds is 4. The molecule has 5 nitrogen and oxygen atoms in total. The topological polar surface area (TPSA) is 70.1 Å². The summed E-state index contributed by atoms with van der Waals surface area (Å²) < 4.78 is 0. The Morgan fingerprint density at radius 3 is 2.77 bits per heavy atom. The lowest BCUT2D eigenvalue weighted by molar-refractivity contribution is -0.120. The number of para-hydroxylation sites is 1. The van der Waals surface area contributed by atoms with Gasteiger partial charge in [-0.25, -0.2) is 5.43 Å². The van der Waals surface area contributed by atoms with E-state index in [0.717, 1.165) is 27.9 Å². The fourth-order valence-corrected chi connectivity index (χ4v) is 2.25. The van der Waals surface area contributed by atoms with Gasteiger partial charge in [-0.15, -0.1) is 0 Å². The molecular weight excluding hydrogens is 276 g/mol. The minimum absolute atomic E-state index is 0.153. The second kappa shape index (κ2) is 6.22. The molecular formula is C17H16N4O. The van der Waals surface area contributed by atoms with E-state index >= 15 is 0 Å². The van der Waals surface area contributed by atoms with Crippen LogP contribution in [0.3, 0.4) is 0 Å². The summed E-state index contributed by atoms with van der Waals surface area (Å²) in [7, 11) is 0. The zero-order valence-electron chi connectivity index (χ0n) is 12.2. The van der Waals surface area contributed by atoms with Crippen LogP contribution in [0.5, 0.6) is 0 Å². The third-order valence-electron chi connectivity index (χ3n) is 3.38. The third kappa shape index (κ3) is 3.20. The number of hydrogen-bond acceptors (Lipinski definition) is 3. The summed E-state index contributed by atoms with van der Waals surface area (Å²) in [4.78, 5) is 19.2. The molecule has 110 valence electrons. The van der Waals surface area contributed by atoms with Crippen molar-refractivity contribution in [1.29, 1.82) is 0 Å². The largest absolute Gasteiger partial charge is 0.358 e. The second-order valence-corrected chi connectivity index (χ2v) is 5.03. The number of amides is 1. The van der Waals surface area contributed by atoms with Crippen molar-refractivity contribution < 1.29 is 4.79 Å². The van der Waals surface area contributed by atoms with Crippen molar-refractivity contribution in [2.45, 2.75) is 13.3 Å². The molecule has 2 N–H and O–H groups in total. The first kappa shape index (κ1) is 14.0. The number of carbonyl (C=O) groups excluding carboxylic acids is 1. The van der Waals surface area contributed by atoms with E-state index in [0.29, 0.717) is 0 Å². The molecule has 3 aromatic rings. The molecule has 1 aromatic carbocycles. The number of benzene rings is 1. The quantitative estimate of drug-likeness (QED) is 0.573. The average molecular weight is 292 g/mol. The van der Waals surface area contributed by atoms with E-state index in [1.54, 1.807) is 12.4 Å². The molecule has 0 saturated heterocycles. The van der Waals surface area contributed by atoms with Crippen LogP contribution in [0.4, 0.5) is 0 Å². The predicted octanol–water partition coefficient (Wildman–Crippen LogP) is 2.65. The number of hydrazone groups is 1. The summed E-state index contributed by atoms with van der Waals surface area (Å²) in [5, 5.41) is 5.22. The summed E-state index contributed by atoms with van der Waals surface area (Å²) in [6.45, 7) is 1.85. The molecule has 0 aliphatic carbocycles. The highest BCUT2D eigenvalue weighted by atomic mass is 16.2. The molecule has 3 rings (SSSR count). The van der Waals surface area contributed by atoms with Gasteiger partial charge in [0, 0.05) is 29.2 Å². The number of aromatic amines is 1. The second-order valence-electron chi connectivity index (χ2n) is 5.03. The van der Waals surface area contributed by atoms with Crippen molar-refractivity contribution in [3.05, 3.63) is 66.1 Å². The highest BCUT2D eigenvalue weighted by molar-refractivity contribution is 5.99. The van der Waals surface area contributed by atoms with Gasteiger partial charge in [-0.2, -0.15) is 5.10 Å². The normalized spacial score (nSPS) is 11.6. The molecule has 1 amide bonds. The Bertz CT molecular complexity index is 788. The van der Waals surface area contributed by atoms with E-state index in [1.165, 1.54) is 0 Å². The number of carbonyl (C=O) groups is 1. The van der Waals surface area contributed by atoms with Gasteiger partial charge >= 0.3 is 0 Å². The number of H-pyrrole nitrogens is 1. The van der Waals surface area contributed by atoms with Crippen molar-refractivity contribution in [3.8, 4) is 0 Å². The van der Waals surface area contributed by atoms with Gasteiger partial charge in [0.25, 0.3) is 0 Å². The first-order valence-corrected chi connectivity index (χ1v) is 7.02. The molecule has 0 saturated carbocycles. The summed E-state index contributed by atoms with van der Waals surface area (Å²) in [5.74, 6) is -0.153. The molecule has 0 aliphatic heterocycles. The van der Waals surface area contributed by atoms with Crippen LogP contribution in [-0.2, 0) is 11.2 Å². The third-order valence-corrected chi connectivity index (χ3v) is 3.38. The van der Waals surface area contributed by atoms with E-state index < -0.39 is 0 Å². The van der Waals surface area contributed by atoms with Gasteiger partial charge in [-0.1, -0.05) is 18.2 Å². The maximum Gasteiger partial charge on any atom is 0.245 e. The van der Waals surface area contributed by atoms with Crippen LogP contribution in [0.15, 0.2) is 60.0 Å². The van der Waals surface area contributed by atoms with Gasteiger partial charge in [-0.3, -0.25) is 9.78 Å². The van der Waals surface area contributed by atoms with Crippen molar-refractivity contribution in [2.24, 2.45) is 5.10 Å². The summed E-state index contributed by atoms with van der Waals surface area (Å²) in [6, 6.07) is 13.6. The highest BCUT2D eigenvalue weighted by Crippen LogP contribution is 2.14. The average Bonchev–Trinajstić information content (AvgIpc) is 2.95. The molecule has 0 unspecified atom stereocenters. The zero-order valence-corrected chi connectivity index (χ0v) is 12.2. The Balaban J connectivity index is 1.65. The Kier molecular flexibility index (Phi) is 3.96. The van der Waals surface area contributed by atoms with Gasteiger partial charge in [0.15, 0.2) is 0 Å². The molecule has 0 bridgehead atoms. The lowest BCUT2D eigenvalue weighted by Crippen LogP contribution is -2.21. The van der Waals surface area contributed by atoms with E-state index in [1.807, 2.05) is 49.4 Å². The van der Waals surface area contributed by atoms with E-state index in [2.05, 4.69) is 20.5 Å². The molecule has 22 heavy (non-hydrogen) atoms. The first-order chi connectivity index (χ1) is 10.7. The summed E-state index contributed by atoms with van der Waals surface area (Å²) in [5.41, 5.74) is 6.16. The van der Waals surface area contributed by atoms with Crippen LogP contribution in [-0.4, -0.2) is 21.6 Å². The highest BCUT2D eigenvalue weighted by Gasteiger charge is 2.06. The van der Waals surface area contributed by atoms with Gasteiger partial charge in [-0.05, 0) is 36.6 Å². The van der Waals surface area contributed by atoms with E-state index in [-0.39, 0.29) is 12.3 Å². The van der Waals surface area contributed by atoms with Crippen LogP contribution < -0.4 is 5.43 Å². The lowest BCUT2D eigenvalue weighted by Gasteiger charge is -2.02. The van der Waals surface area contributed by atoms with Gasteiger partial charge < -0.3 is 4.98 Å². The molecule has 0 atom stereocenters. The number of nitrogens with zero attached hydrogens (tertiary/aromatic N) is 2. The van der Waals surface area contributed by atoms with Crippen molar-refractivity contribution in [2.75, 3.05) is 0 Å². The molecule has 2 aromatic heterocycles. The fourth-order valence-electron chi connectivity index (χ4n) is 2.25. The van der Waals surface area contributed by atoms with E-state index in [4.69, 9.17) is 0 Å². The van der Waals surface area contributed by atoms with Crippen molar-refractivity contribution in [3.63, 3.8) is 0 Å². The van der Waals surface area contributed by atoms with Crippen LogP contribution in [0.2, 0.25) is 0 Å². The SMILES string of the molecule is C/C(=N/NC(=O)Cc1cc2ccccc2[nH]1)c1ccncc1. The smallest absolute Gasteiger partial charge is 0.245 e. The van der Waals surface area contributed by atoms with Crippen molar-refractivity contribution >= 4 is 22.5 Å². The van der Waals surface area contributed by atoms with Crippen LogP contribution in [0, 0.1) is 0 Å². The van der Waals surface area contributed by atoms with Gasteiger partial charge in [0.2, 0.25) is 5.91 Å². The molecule has 0 radical (unpaired) electrons. The van der Waals surface area contributed by atoms with Crippen LogP contribution in [0.1, 0.15) is 18.2 Å². The maximum absolute atomic E-state index is 12.0. The number of fused-ring (bicyclic) bond motifs is 1. The molecule has 2 heterocycles. The first-order valence-electron chi connectivity index (χ1n) is 7.02. The monoisotopic (exact) mass is 292 g/mol. The van der Waals surface area contributed by atoms with E-state index in [9.17, 15) is 4.79 Å². The van der Waals surface area contributed by atoms with Gasteiger partial charge in [0.05, 0.1) is 12.1 Å². The number of hydrogen-bond donors (Lipinski definition) is 2. The Labute approximate surface area is 128 Å². The van der Waals surface area contributed by atoms with Crippen molar-refractivity contribution in [1.82, 2.24) is 15.4 Å².